The number of nitrogens with zero attached hydrogens (tertiary/aromatic N) is 1. The summed E-state index contributed by atoms with van der Waals surface area (Å²) in [5.74, 6) is 0.121. The Balaban J connectivity index is 1.54. The molecule has 0 spiro atoms. The van der Waals surface area contributed by atoms with Gasteiger partial charge in [0.15, 0.2) is 12.2 Å². The zero-order valence-corrected chi connectivity index (χ0v) is 25.9. The number of carbonyl (C=O) groups is 2. The summed E-state index contributed by atoms with van der Waals surface area (Å²) >= 11 is 0. The number of hydrogen-bond acceptors (Lipinski definition) is 8. The Labute approximate surface area is 259 Å². The fourth-order valence-corrected chi connectivity index (χ4v) is 6.07. The Hall–Kier alpha value is -5.31. The van der Waals surface area contributed by atoms with Gasteiger partial charge in [0.2, 0.25) is 5.43 Å². The lowest BCUT2D eigenvalue weighted by Gasteiger charge is -2.43. The van der Waals surface area contributed by atoms with Gasteiger partial charge in [-0.2, -0.15) is 0 Å². The maximum absolute atomic E-state index is 14.2. The molecule has 0 amide bonds. The molecule has 0 unspecified atom stereocenters. The number of fused-ring (bicyclic) bond motifs is 5. The first-order chi connectivity index (χ1) is 21.5. The van der Waals surface area contributed by atoms with Crippen molar-refractivity contribution in [2.24, 2.45) is 7.05 Å². The maximum atomic E-state index is 14.2. The summed E-state index contributed by atoms with van der Waals surface area (Å²) in [5.41, 5.74) is 0.915. The molecule has 2 atom stereocenters. The Kier molecular flexibility index (Phi) is 7.48. The number of aryl methyl sites for hydroxylation is 1. The van der Waals surface area contributed by atoms with Crippen LogP contribution in [-0.2, 0) is 26.1 Å². The van der Waals surface area contributed by atoms with Crippen LogP contribution >= 0.6 is 0 Å². The van der Waals surface area contributed by atoms with Gasteiger partial charge in [0.05, 0.1) is 36.2 Å². The second-order valence-corrected chi connectivity index (χ2v) is 11.5. The van der Waals surface area contributed by atoms with Crippen molar-refractivity contribution in [2.75, 3.05) is 14.2 Å². The van der Waals surface area contributed by atoms with Crippen LogP contribution in [0.3, 0.4) is 0 Å². The van der Waals surface area contributed by atoms with Crippen molar-refractivity contribution < 1.29 is 33.3 Å². The van der Waals surface area contributed by atoms with Crippen LogP contribution < -0.4 is 19.6 Å². The molecule has 9 nitrogen and oxygen atoms in total. The summed E-state index contributed by atoms with van der Waals surface area (Å²) in [6, 6.07) is 20.4. The molecule has 45 heavy (non-hydrogen) atoms. The lowest BCUT2D eigenvalue weighted by Crippen LogP contribution is -2.52. The molecule has 0 saturated carbocycles. The molecule has 0 fully saturated rings. The van der Waals surface area contributed by atoms with E-state index in [0.717, 1.165) is 16.3 Å². The van der Waals surface area contributed by atoms with E-state index in [9.17, 15) is 14.4 Å². The van der Waals surface area contributed by atoms with Crippen molar-refractivity contribution >= 4 is 50.6 Å². The maximum Gasteiger partial charge on any atom is 0.331 e. The number of ether oxygens (including phenoxy) is 5. The highest BCUT2D eigenvalue weighted by Gasteiger charge is 2.50. The van der Waals surface area contributed by atoms with Gasteiger partial charge in [0, 0.05) is 31.5 Å². The molecule has 2 heterocycles. The second kappa shape index (κ2) is 11.3. The fourth-order valence-electron chi connectivity index (χ4n) is 6.07. The van der Waals surface area contributed by atoms with Crippen LogP contribution in [0.5, 0.6) is 17.2 Å². The lowest BCUT2D eigenvalue weighted by atomic mass is 9.86. The molecule has 9 heteroatoms. The number of pyridine rings is 1. The smallest absolute Gasteiger partial charge is 0.331 e. The van der Waals surface area contributed by atoms with E-state index in [2.05, 4.69) is 0 Å². The Bertz CT molecular complexity index is 2070. The molecule has 1 aromatic heterocycles. The molecule has 5 aromatic rings. The van der Waals surface area contributed by atoms with Crippen LogP contribution in [0.4, 0.5) is 0 Å². The molecule has 0 N–H and O–H groups in total. The first-order valence-corrected chi connectivity index (χ1v) is 14.5. The van der Waals surface area contributed by atoms with Gasteiger partial charge in [-0.1, -0.05) is 36.4 Å². The standard InChI is InChI=1S/C36H33NO8/c1-20(38)43-34-31-28(45-36(2,3)35(34)44-29(39)16-13-21-11-14-24(41-5)15-12-21)19-27(42-6)30-32(31)37(4)26-18-23-10-8-7-9-22(23)17-25(26)33(30)40/h7-19,34-35H,1-6H3/t34-,35-/m0/s1. The lowest BCUT2D eigenvalue weighted by molar-refractivity contribution is -0.185. The quantitative estimate of drug-likeness (QED) is 0.127. The van der Waals surface area contributed by atoms with Crippen LogP contribution in [0.1, 0.15) is 38.0 Å². The van der Waals surface area contributed by atoms with Crippen molar-refractivity contribution in [2.45, 2.75) is 38.6 Å². The van der Waals surface area contributed by atoms with Crippen molar-refractivity contribution in [1.82, 2.24) is 4.57 Å². The Morgan fingerprint density at radius 2 is 1.62 bits per heavy atom. The summed E-state index contributed by atoms with van der Waals surface area (Å²) in [6.07, 6.45) is 0.754. The molecule has 0 saturated heterocycles. The number of aromatic nitrogens is 1. The number of esters is 2. The SMILES string of the molecule is COc1ccc(C=CC(=O)O[C@H]2[C@@H](OC(C)=O)c3c(cc(OC)c4c(=O)c5cc6ccccc6cc5n(C)c34)OC2(C)C)cc1. The summed E-state index contributed by atoms with van der Waals surface area (Å²) in [4.78, 5) is 40.0. The van der Waals surface area contributed by atoms with Crippen LogP contribution in [0.15, 0.2) is 77.6 Å². The summed E-state index contributed by atoms with van der Waals surface area (Å²) in [6.45, 7) is 4.79. The number of carbonyl (C=O) groups excluding carboxylic acids is 2. The first-order valence-electron chi connectivity index (χ1n) is 14.5. The number of rotatable bonds is 6. The first kappa shape index (κ1) is 29.7. The third-order valence-electron chi connectivity index (χ3n) is 8.20. The fraction of sp³-hybridized carbons (Fsp3) is 0.250. The van der Waals surface area contributed by atoms with Gasteiger partial charge in [0.1, 0.15) is 22.8 Å². The monoisotopic (exact) mass is 607 g/mol. The minimum atomic E-state index is -1.14. The highest BCUT2D eigenvalue weighted by atomic mass is 16.6. The van der Waals surface area contributed by atoms with E-state index in [-0.39, 0.29) is 5.43 Å². The molecule has 6 rings (SSSR count). The van der Waals surface area contributed by atoms with Gasteiger partial charge in [-0.15, -0.1) is 0 Å². The van der Waals surface area contributed by atoms with Gasteiger partial charge in [-0.3, -0.25) is 9.59 Å². The summed E-state index contributed by atoms with van der Waals surface area (Å²) < 4.78 is 31.2. The van der Waals surface area contributed by atoms with Crippen LogP contribution in [-0.4, -0.2) is 42.4 Å². The van der Waals surface area contributed by atoms with E-state index >= 15 is 0 Å². The van der Waals surface area contributed by atoms with Crippen molar-refractivity contribution in [3.8, 4) is 17.2 Å². The van der Waals surface area contributed by atoms with Crippen LogP contribution in [0, 0.1) is 0 Å². The molecule has 0 radical (unpaired) electrons. The average molecular weight is 608 g/mol. The molecule has 0 bridgehead atoms. The second-order valence-electron chi connectivity index (χ2n) is 11.5. The van der Waals surface area contributed by atoms with Crippen molar-refractivity contribution in [3.05, 3.63) is 94.2 Å². The van der Waals surface area contributed by atoms with Gasteiger partial charge < -0.3 is 28.3 Å². The van der Waals surface area contributed by atoms with Gasteiger partial charge in [0.25, 0.3) is 0 Å². The summed E-state index contributed by atoms with van der Waals surface area (Å²) in [7, 11) is 4.90. The molecular weight excluding hydrogens is 574 g/mol. The Morgan fingerprint density at radius 3 is 2.27 bits per heavy atom. The summed E-state index contributed by atoms with van der Waals surface area (Å²) in [5, 5.41) is 2.69. The normalized spacial score (nSPS) is 17.2. The van der Waals surface area contributed by atoms with Crippen LogP contribution in [0.25, 0.3) is 38.7 Å². The molecule has 1 aliphatic heterocycles. The van der Waals surface area contributed by atoms with Gasteiger partial charge in [-0.25, -0.2) is 4.79 Å². The largest absolute Gasteiger partial charge is 0.497 e. The number of benzene rings is 4. The zero-order valence-electron chi connectivity index (χ0n) is 25.9. The minimum Gasteiger partial charge on any atom is -0.497 e. The van der Waals surface area contributed by atoms with E-state index in [4.69, 9.17) is 23.7 Å². The van der Waals surface area contributed by atoms with E-state index in [0.29, 0.717) is 44.6 Å². The van der Waals surface area contributed by atoms with Gasteiger partial charge >= 0.3 is 11.9 Å². The predicted octanol–water partition coefficient (Wildman–Crippen LogP) is 6.26. The van der Waals surface area contributed by atoms with E-state index in [1.54, 1.807) is 45.2 Å². The molecule has 4 aromatic carbocycles. The van der Waals surface area contributed by atoms with Crippen molar-refractivity contribution in [1.29, 1.82) is 0 Å². The topological polar surface area (TPSA) is 102 Å². The highest BCUT2D eigenvalue weighted by Crippen LogP contribution is 2.49. The van der Waals surface area contributed by atoms with Gasteiger partial charge in [-0.05, 0) is 60.5 Å². The van der Waals surface area contributed by atoms with E-state index in [1.165, 1.54) is 20.1 Å². The average Bonchev–Trinajstić information content (AvgIpc) is 3.02. The minimum absolute atomic E-state index is 0.245. The number of methoxy groups -OCH3 is 2. The number of hydrogen-bond donors (Lipinski definition) is 0. The Morgan fingerprint density at radius 1 is 0.933 bits per heavy atom. The van der Waals surface area contributed by atoms with Crippen LogP contribution in [0.2, 0.25) is 0 Å². The van der Waals surface area contributed by atoms with E-state index in [1.807, 2.05) is 60.1 Å². The molecule has 1 aliphatic rings. The predicted molar refractivity (Wildman–Crippen MR) is 172 cm³/mol. The molecule has 0 aliphatic carbocycles. The van der Waals surface area contributed by atoms with E-state index < -0.39 is 29.7 Å². The third-order valence-corrected chi connectivity index (χ3v) is 8.20. The molecular formula is C36H33NO8. The van der Waals surface area contributed by atoms with Crippen molar-refractivity contribution in [3.63, 3.8) is 0 Å². The zero-order chi connectivity index (χ0) is 32.0. The molecule has 230 valence electrons. The highest BCUT2D eigenvalue weighted by molar-refractivity contribution is 6.04. The third kappa shape index (κ3) is 5.24.